The van der Waals surface area contributed by atoms with E-state index in [0.29, 0.717) is 38.4 Å². The molecule has 2 fully saturated rings. The van der Waals surface area contributed by atoms with Gasteiger partial charge in [-0.3, -0.25) is 4.79 Å². The van der Waals surface area contributed by atoms with Gasteiger partial charge >= 0.3 is 6.03 Å². The highest BCUT2D eigenvalue weighted by Crippen LogP contribution is 2.27. The van der Waals surface area contributed by atoms with E-state index in [-0.39, 0.29) is 23.8 Å². The van der Waals surface area contributed by atoms with Gasteiger partial charge in [0.2, 0.25) is 5.91 Å². The molecule has 1 aliphatic carbocycles. The Morgan fingerprint density at radius 3 is 2.84 bits per heavy atom. The van der Waals surface area contributed by atoms with Crippen LogP contribution in [0, 0.1) is 11.7 Å². The van der Waals surface area contributed by atoms with Crippen LogP contribution in [0.3, 0.4) is 0 Å². The fourth-order valence-corrected chi connectivity index (χ4v) is 3.84. The number of halogens is 1. The van der Waals surface area contributed by atoms with Crippen molar-refractivity contribution < 1.29 is 14.0 Å². The predicted molar refractivity (Wildman–Crippen MR) is 93.6 cm³/mol. The van der Waals surface area contributed by atoms with E-state index in [2.05, 4.69) is 10.6 Å². The van der Waals surface area contributed by atoms with Crippen molar-refractivity contribution in [2.24, 2.45) is 5.92 Å². The van der Waals surface area contributed by atoms with Crippen LogP contribution >= 0.6 is 0 Å². The molecule has 1 aliphatic heterocycles. The van der Waals surface area contributed by atoms with E-state index >= 15 is 0 Å². The zero-order valence-electron chi connectivity index (χ0n) is 14.5. The molecule has 136 valence electrons. The van der Waals surface area contributed by atoms with Crippen molar-refractivity contribution in [2.45, 2.75) is 44.6 Å². The number of carbonyl (C=O) groups excluding carboxylic acids is 2. The van der Waals surface area contributed by atoms with E-state index in [0.717, 1.165) is 18.4 Å². The van der Waals surface area contributed by atoms with Crippen LogP contribution in [0.15, 0.2) is 24.3 Å². The highest BCUT2D eigenvalue weighted by atomic mass is 19.1. The number of benzene rings is 1. The Balaban J connectivity index is 1.59. The Bertz CT molecular complexity index is 616. The van der Waals surface area contributed by atoms with Crippen LogP contribution in [0.1, 0.15) is 37.7 Å². The highest BCUT2D eigenvalue weighted by Gasteiger charge is 2.28. The molecule has 0 aromatic heterocycles. The number of hydrogen-bond acceptors (Lipinski definition) is 2. The smallest absolute Gasteiger partial charge is 0.317 e. The molecule has 0 unspecified atom stereocenters. The zero-order chi connectivity index (χ0) is 17.6. The van der Waals surface area contributed by atoms with Gasteiger partial charge in [-0.2, -0.15) is 0 Å². The first-order valence-corrected chi connectivity index (χ1v) is 9.17. The first kappa shape index (κ1) is 17.7. The molecule has 1 heterocycles. The Labute approximate surface area is 148 Å². The summed E-state index contributed by atoms with van der Waals surface area (Å²) in [6, 6.07) is 6.13. The van der Waals surface area contributed by atoms with Crippen LogP contribution in [0.25, 0.3) is 0 Å². The number of amides is 3. The van der Waals surface area contributed by atoms with Crippen molar-refractivity contribution in [3.63, 3.8) is 0 Å². The third-order valence-electron chi connectivity index (χ3n) is 5.17. The van der Waals surface area contributed by atoms with E-state index in [4.69, 9.17) is 0 Å². The lowest BCUT2D eigenvalue weighted by atomic mass is 10.0. The monoisotopic (exact) mass is 347 g/mol. The van der Waals surface area contributed by atoms with Gasteiger partial charge in [-0.05, 0) is 42.9 Å². The molecule has 0 radical (unpaired) electrons. The lowest BCUT2D eigenvalue weighted by Crippen LogP contribution is -2.46. The number of nitrogens with one attached hydrogen (secondary N) is 2. The molecule has 1 atom stereocenters. The van der Waals surface area contributed by atoms with Gasteiger partial charge in [0.1, 0.15) is 5.82 Å². The first-order valence-electron chi connectivity index (χ1n) is 9.17. The number of rotatable bonds is 7. The Hall–Kier alpha value is -2.11. The molecule has 0 bridgehead atoms. The standard InChI is InChI=1S/C19H26FN3O2/c20-16-7-3-6-15(10-16)11-17(23-9-8-21-19(23)25)13-22-18(24)12-14-4-1-2-5-14/h3,6-7,10,14,17H,1-2,4-5,8-9,11-13H2,(H,21,25)(H,22,24)/t17-/m0/s1. The fourth-order valence-electron chi connectivity index (χ4n) is 3.84. The van der Waals surface area contributed by atoms with Gasteiger partial charge in [0.15, 0.2) is 0 Å². The summed E-state index contributed by atoms with van der Waals surface area (Å²) in [5.74, 6) is 0.264. The number of hydrogen-bond donors (Lipinski definition) is 2. The second-order valence-electron chi connectivity index (χ2n) is 7.07. The quantitative estimate of drug-likeness (QED) is 0.796. The molecule has 5 nitrogen and oxygen atoms in total. The van der Waals surface area contributed by atoms with Gasteiger partial charge in [-0.1, -0.05) is 25.0 Å². The van der Waals surface area contributed by atoms with Gasteiger partial charge in [-0.25, -0.2) is 9.18 Å². The lowest BCUT2D eigenvalue weighted by molar-refractivity contribution is -0.122. The third-order valence-corrected chi connectivity index (χ3v) is 5.17. The maximum atomic E-state index is 13.5. The summed E-state index contributed by atoms with van der Waals surface area (Å²) in [4.78, 5) is 26.0. The molecule has 2 N–H and O–H groups in total. The van der Waals surface area contributed by atoms with Crippen LogP contribution in [-0.2, 0) is 11.2 Å². The van der Waals surface area contributed by atoms with Crippen LogP contribution in [0.2, 0.25) is 0 Å². The van der Waals surface area contributed by atoms with Crippen molar-refractivity contribution >= 4 is 11.9 Å². The maximum absolute atomic E-state index is 13.5. The number of nitrogens with zero attached hydrogens (tertiary/aromatic N) is 1. The van der Waals surface area contributed by atoms with Gasteiger partial charge in [0.05, 0.1) is 6.04 Å². The van der Waals surface area contributed by atoms with Gasteiger partial charge in [-0.15, -0.1) is 0 Å². The third kappa shape index (κ3) is 4.94. The zero-order valence-corrected chi connectivity index (χ0v) is 14.5. The van der Waals surface area contributed by atoms with Crippen molar-refractivity contribution in [3.05, 3.63) is 35.6 Å². The van der Waals surface area contributed by atoms with Crippen molar-refractivity contribution in [1.29, 1.82) is 0 Å². The summed E-state index contributed by atoms with van der Waals surface area (Å²) in [6.45, 7) is 1.61. The van der Waals surface area contributed by atoms with Crippen molar-refractivity contribution in [2.75, 3.05) is 19.6 Å². The average molecular weight is 347 g/mol. The second-order valence-corrected chi connectivity index (χ2v) is 7.07. The van der Waals surface area contributed by atoms with E-state index in [1.165, 1.54) is 25.0 Å². The molecule has 1 aromatic rings. The lowest BCUT2D eigenvalue weighted by Gasteiger charge is -2.27. The minimum absolute atomic E-state index is 0.0516. The summed E-state index contributed by atoms with van der Waals surface area (Å²) in [6.07, 6.45) is 5.79. The molecule has 3 rings (SSSR count). The van der Waals surface area contributed by atoms with E-state index in [9.17, 15) is 14.0 Å². The normalized spacial score (nSPS) is 19.1. The summed E-state index contributed by atoms with van der Waals surface area (Å²) < 4.78 is 13.5. The number of urea groups is 1. The van der Waals surface area contributed by atoms with Crippen LogP contribution in [-0.4, -0.2) is 42.5 Å². The molecule has 0 spiro atoms. The Kier molecular flexibility index (Phi) is 5.89. The van der Waals surface area contributed by atoms with Crippen LogP contribution in [0.5, 0.6) is 0 Å². The highest BCUT2D eigenvalue weighted by molar-refractivity contribution is 5.77. The fraction of sp³-hybridized carbons (Fsp3) is 0.579. The topological polar surface area (TPSA) is 61.4 Å². The second kappa shape index (κ2) is 8.32. The molecule has 1 saturated carbocycles. The van der Waals surface area contributed by atoms with Crippen molar-refractivity contribution in [3.8, 4) is 0 Å². The van der Waals surface area contributed by atoms with Crippen molar-refractivity contribution in [1.82, 2.24) is 15.5 Å². The van der Waals surface area contributed by atoms with E-state index in [1.807, 2.05) is 6.07 Å². The molecule has 1 saturated heterocycles. The summed E-state index contributed by atoms with van der Waals surface area (Å²) in [5.41, 5.74) is 0.828. The van der Waals surface area contributed by atoms with E-state index in [1.54, 1.807) is 11.0 Å². The minimum Gasteiger partial charge on any atom is -0.354 e. The molecule has 1 aromatic carbocycles. The van der Waals surface area contributed by atoms with Crippen LogP contribution in [0.4, 0.5) is 9.18 Å². The number of carbonyl (C=O) groups is 2. The Morgan fingerprint density at radius 2 is 2.16 bits per heavy atom. The van der Waals surface area contributed by atoms with Gasteiger partial charge in [0, 0.05) is 26.1 Å². The molecule has 2 aliphatic rings. The van der Waals surface area contributed by atoms with Gasteiger partial charge < -0.3 is 15.5 Å². The largest absolute Gasteiger partial charge is 0.354 e. The molecule has 25 heavy (non-hydrogen) atoms. The van der Waals surface area contributed by atoms with Crippen LogP contribution < -0.4 is 10.6 Å². The summed E-state index contributed by atoms with van der Waals surface area (Å²) in [5, 5.41) is 5.78. The first-order chi connectivity index (χ1) is 12.1. The minimum atomic E-state index is -0.285. The molecule has 3 amide bonds. The summed E-state index contributed by atoms with van der Waals surface area (Å²) >= 11 is 0. The SMILES string of the molecule is O=C(CC1CCCC1)NC[C@H](Cc1cccc(F)c1)N1CCNC1=O. The average Bonchev–Trinajstić information content (AvgIpc) is 3.23. The maximum Gasteiger partial charge on any atom is 0.317 e. The van der Waals surface area contributed by atoms with Gasteiger partial charge in [0.25, 0.3) is 0 Å². The molecular formula is C19H26FN3O2. The predicted octanol–water partition coefficient (Wildman–Crippen LogP) is 2.46. The molecule has 6 heteroatoms. The molecular weight excluding hydrogens is 321 g/mol. The Morgan fingerprint density at radius 1 is 1.36 bits per heavy atom. The van der Waals surface area contributed by atoms with E-state index < -0.39 is 0 Å². The summed E-state index contributed by atoms with van der Waals surface area (Å²) in [7, 11) is 0.